The molecule has 0 atom stereocenters. The Morgan fingerprint density at radius 1 is 0.960 bits per heavy atom. The Bertz CT molecular complexity index is 728. The Labute approximate surface area is 151 Å². The minimum absolute atomic E-state index is 0.125. The van der Waals surface area contributed by atoms with Crippen LogP contribution in [-0.4, -0.2) is 27.8 Å². The quantitative estimate of drug-likeness (QED) is 0.687. The first-order valence-electron chi connectivity index (χ1n) is 8.86. The maximum absolute atomic E-state index is 12.2. The summed E-state index contributed by atoms with van der Waals surface area (Å²) in [6, 6.07) is 17.5. The molecule has 0 aromatic heterocycles. The normalized spacial score (nSPS) is 11.3. The Hall–Kier alpha value is -2.01. The Morgan fingerprint density at radius 3 is 2.28 bits per heavy atom. The Balaban J connectivity index is 1.85. The van der Waals surface area contributed by atoms with Crippen molar-refractivity contribution in [3.8, 4) is 0 Å². The highest BCUT2D eigenvalue weighted by Crippen LogP contribution is 2.18. The summed E-state index contributed by atoms with van der Waals surface area (Å²) >= 11 is 0. The summed E-state index contributed by atoms with van der Waals surface area (Å²) in [4.78, 5) is 2.18. The molecule has 2 aromatic rings. The van der Waals surface area contributed by atoms with Gasteiger partial charge in [-0.05, 0) is 49.1 Å². The van der Waals surface area contributed by atoms with E-state index in [1.165, 1.54) is 0 Å². The van der Waals surface area contributed by atoms with Gasteiger partial charge in [-0.15, -0.1) is 0 Å². The van der Waals surface area contributed by atoms with E-state index in [1.807, 2.05) is 54.6 Å². The standard InChI is InChI=1S/C20H28N2O2S/c1-3-4-16-22(2)20-14-12-19(13-15-20)21-25(23,24)17-8-11-18-9-6-5-7-10-18/h5-7,9-10,12-15,21H,3-4,8,11,16-17H2,1-2H3. The average Bonchev–Trinajstić information content (AvgIpc) is 2.60. The van der Waals surface area contributed by atoms with Gasteiger partial charge in [-0.2, -0.15) is 0 Å². The predicted octanol–water partition coefficient (Wildman–Crippen LogP) is 4.30. The lowest BCUT2D eigenvalue weighted by molar-refractivity contribution is 0.598. The van der Waals surface area contributed by atoms with Gasteiger partial charge < -0.3 is 4.90 Å². The van der Waals surface area contributed by atoms with Crippen molar-refractivity contribution in [2.75, 3.05) is 29.0 Å². The zero-order valence-electron chi connectivity index (χ0n) is 15.1. The van der Waals surface area contributed by atoms with Gasteiger partial charge in [-0.25, -0.2) is 8.42 Å². The van der Waals surface area contributed by atoms with E-state index in [9.17, 15) is 8.42 Å². The molecule has 0 fully saturated rings. The lowest BCUT2D eigenvalue weighted by Crippen LogP contribution is -2.19. The summed E-state index contributed by atoms with van der Waals surface area (Å²) in [6.45, 7) is 3.17. The number of hydrogen-bond donors (Lipinski definition) is 1. The largest absolute Gasteiger partial charge is 0.375 e. The van der Waals surface area contributed by atoms with E-state index in [4.69, 9.17) is 0 Å². The van der Waals surface area contributed by atoms with Crippen molar-refractivity contribution in [3.05, 3.63) is 60.2 Å². The molecule has 1 N–H and O–H groups in total. The second-order valence-electron chi connectivity index (χ2n) is 6.33. The van der Waals surface area contributed by atoms with Crippen molar-refractivity contribution >= 4 is 21.4 Å². The van der Waals surface area contributed by atoms with Gasteiger partial charge >= 0.3 is 0 Å². The van der Waals surface area contributed by atoms with Crippen LogP contribution in [0.15, 0.2) is 54.6 Å². The van der Waals surface area contributed by atoms with E-state index in [-0.39, 0.29) is 5.75 Å². The molecule has 0 spiro atoms. The fourth-order valence-electron chi connectivity index (χ4n) is 2.65. The highest BCUT2D eigenvalue weighted by atomic mass is 32.2. The zero-order chi connectivity index (χ0) is 18.1. The molecule has 0 aliphatic heterocycles. The molecular formula is C20H28N2O2S. The second kappa shape index (κ2) is 9.47. The van der Waals surface area contributed by atoms with Crippen molar-refractivity contribution in [2.24, 2.45) is 0 Å². The number of nitrogens with zero attached hydrogens (tertiary/aromatic N) is 1. The SMILES string of the molecule is CCCCN(C)c1ccc(NS(=O)(=O)CCCc2ccccc2)cc1. The van der Waals surface area contributed by atoms with Crippen molar-refractivity contribution < 1.29 is 8.42 Å². The molecule has 136 valence electrons. The number of benzene rings is 2. The first kappa shape index (κ1) is 19.3. The van der Waals surface area contributed by atoms with Crippen LogP contribution in [0.4, 0.5) is 11.4 Å². The number of anilines is 2. The summed E-state index contributed by atoms with van der Waals surface area (Å²) in [5.74, 6) is 0.125. The third-order valence-corrected chi connectivity index (χ3v) is 5.52. The van der Waals surface area contributed by atoms with E-state index in [0.29, 0.717) is 12.1 Å². The van der Waals surface area contributed by atoms with Crippen molar-refractivity contribution in [3.63, 3.8) is 0 Å². The van der Waals surface area contributed by atoms with Crippen molar-refractivity contribution in [1.29, 1.82) is 0 Å². The van der Waals surface area contributed by atoms with E-state index in [1.54, 1.807) is 0 Å². The molecule has 0 saturated heterocycles. The second-order valence-corrected chi connectivity index (χ2v) is 8.17. The molecule has 0 amide bonds. The molecular weight excluding hydrogens is 332 g/mol. The van der Waals surface area contributed by atoms with Gasteiger partial charge in [0.1, 0.15) is 0 Å². The fourth-order valence-corrected chi connectivity index (χ4v) is 3.77. The molecule has 0 aliphatic rings. The maximum atomic E-state index is 12.2. The summed E-state index contributed by atoms with van der Waals surface area (Å²) in [6.07, 6.45) is 3.68. The van der Waals surface area contributed by atoms with Crippen LogP contribution in [0.25, 0.3) is 0 Å². The third kappa shape index (κ3) is 6.78. The highest BCUT2D eigenvalue weighted by Gasteiger charge is 2.10. The first-order valence-corrected chi connectivity index (χ1v) is 10.5. The Kier molecular flexibility index (Phi) is 7.31. The van der Waals surface area contributed by atoms with E-state index in [0.717, 1.165) is 37.1 Å². The van der Waals surface area contributed by atoms with Gasteiger partial charge in [0.05, 0.1) is 5.75 Å². The summed E-state index contributed by atoms with van der Waals surface area (Å²) < 4.78 is 27.1. The van der Waals surface area contributed by atoms with Crippen LogP contribution >= 0.6 is 0 Å². The molecule has 0 saturated carbocycles. The molecule has 0 radical (unpaired) electrons. The molecule has 0 heterocycles. The number of sulfonamides is 1. The molecule has 4 nitrogen and oxygen atoms in total. The fraction of sp³-hybridized carbons (Fsp3) is 0.400. The van der Waals surface area contributed by atoms with Crippen LogP contribution in [0.3, 0.4) is 0 Å². The molecule has 2 rings (SSSR count). The van der Waals surface area contributed by atoms with E-state index < -0.39 is 10.0 Å². The minimum atomic E-state index is -3.32. The molecule has 2 aromatic carbocycles. The van der Waals surface area contributed by atoms with Gasteiger partial charge in [0.2, 0.25) is 10.0 Å². The van der Waals surface area contributed by atoms with Gasteiger partial charge in [0.25, 0.3) is 0 Å². The summed E-state index contributed by atoms with van der Waals surface area (Å²) in [5.41, 5.74) is 2.88. The zero-order valence-corrected chi connectivity index (χ0v) is 15.9. The van der Waals surface area contributed by atoms with Crippen LogP contribution in [-0.2, 0) is 16.4 Å². The van der Waals surface area contributed by atoms with E-state index in [2.05, 4.69) is 23.6 Å². The Morgan fingerprint density at radius 2 is 1.64 bits per heavy atom. The average molecular weight is 361 g/mol. The van der Waals surface area contributed by atoms with E-state index >= 15 is 0 Å². The molecule has 5 heteroatoms. The van der Waals surface area contributed by atoms with Gasteiger partial charge in [-0.3, -0.25) is 4.72 Å². The summed E-state index contributed by atoms with van der Waals surface area (Å²) in [7, 11) is -1.26. The van der Waals surface area contributed by atoms with Crippen LogP contribution in [0.2, 0.25) is 0 Å². The third-order valence-electron chi connectivity index (χ3n) is 4.15. The minimum Gasteiger partial charge on any atom is -0.375 e. The maximum Gasteiger partial charge on any atom is 0.232 e. The number of unbranched alkanes of at least 4 members (excludes halogenated alkanes) is 1. The van der Waals surface area contributed by atoms with Crippen molar-refractivity contribution in [1.82, 2.24) is 0 Å². The smallest absolute Gasteiger partial charge is 0.232 e. The predicted molar refractivity (Wildman–Crippen MR) is 107 cm³/mol. The molecule has 0 bridgehead atoms. The van der Waals surface area contributed by atoms with Crippen molar-refractivity contribution in [2.45, 2.75) is 32.6 Å². The van der Waals surface area contributed by atoms with Crippen LogP contribution in [0.1, 0.15) is 31.7 Å². The monoisotopic (exact) mass is 360 g/mol. The number of rotatable bonds is 10. The molecule has 0 unspecified atom stereocenters. The van der Waals surface area contributed by atoms with Crippen LogP contribution < -0.4 is 9.62 Å². The number of aryl methyl sites for hydroxylation is 1. The van der Waals surface area contributed by atoms with Crippen LogP contribution in [0.5, 0.6) is 0 Å². The lowest BCUT2D eigenvalue weighted by atomic mass is 10.1. The first-order chi connectivity index (χ1) is 12.0. The van der Waals surface area contributed by atoms with Crippen LogP contribution in [0, 0.1) is 0 Å². The molecule has 25 heavy (non-hydrogen) atoms. The summed E-state index contributed by atoms with van der Waals surface area (Å²) in [5, 5.41) is 0. The van der Waals surface area contributed by atoms with Gasteiger partial charge in [-0.1, -0.05) is 43.7 Å². The number of hydrogen-bond acceptors (Lipinski definition) is 3. The van der Waals surface area contributed by atoms with Gasteiger partial charge in [0.15, 0.2) is 0 Å². The number of nitrogens with one attached hydrogen (secondary N) is 1. The van der Waals surface area contributed by atoms with Gasteiger partial charge in [0, 0.05) is 25.0 Å². The highest BCUT2D eigenvalue weighted by molar-refractivity contribution is 7.92. The lowest BCUT2D eigenvalue weighted by Gasteiger charge is -2.19. The topological polar surface area (TPSA) is 49.4 Å². The molecule has 0 aliphatic carbocycles.